The van der Waals surface area contributed by atoms with Gasteiger partial charge >= 0.3 is 0 Å². The number of carbonyl (C=O) groups excluding carboxylic acids is 1. The second kappa shape index (κ2) is 5.87. The highest BCUT2D eigenvalue weighted by molar-refractivity contribution is 5.95. The molecule has 1 atom stereocenters. The lowest BCUT2D eigenvalue weighted by Gasteiger charge is -2.14. The van der Waals surface area contributed by atoms with Gasteiger partial charge in [-0.3, -0.25) is 4.79 Å². The summed E-state index contributed by atoms with van der Waals surface area (Å²) in [5.74, 6) is 0.688. The molecule has 2 aromatic carbocycles. The summed E-state index contributed by atoms with van der Waals surface area (Å²) in [5, 5.41) is 5.34. The Bertz CT molecular complexity index is 574. The van der Waals surface area contributed by atoms with Crippen molar-refractivity contribution >= 4 is 22.4 Å². The number of benzene rings is 2. The standard InChI is InChI=1S/C17H21NO/c1-12(2)10-13(3)17(19)18-16-9-8-14-6-4-5-7-15(14)11-16/h4-9,11-13H,10H2,1-3H3,(H,18,19)/t13-/m0/s1. The molecule has 2 rings (SSSR count). The highest BCUT2D eigenvalue weighted by Gasteiger charge is 2.14. The van der Waals surface area contributed by atoms with E-state index in [-0.39, 0.29) is 11.8 Å². The number of amides is 1. The van der Waals surface area contributed by atoms with Gasteiger partial charge in [0.05, 0.1) is 0 Å². The quantitative estimate of drug-likeness (QED) is 0.858. The van der Waals surface area contributed by atoms with Crippen LogP contribution in [0.15, 0.2) is 42.5 Å². The van der Waals surface area contributed by atoms with E-state index >= 15 is 0 Å². The molecular weight excluding hydrogens is 234 g/mol. The average Bonchev–Trinajstić information content (AvgIpc) is 2.37. The van der Waals surface area contributed by atoms with Gasteiger partial charge in [0.25, 0.3) is 0 Å². The first-order chi connectivity index (χ1) is 9.06. The van der Waals surface area contributed by atoms with Crippen LogP contribution in [0.1, 0.15) is 27.2 Å². The molecule has 0 unspecified atom stereocenters. The van der Waals surface area contributed by atoms with Crippen molar-refractivity contribution in [2.24, 2.45) is 11.8 Å². The Labute approximate surface area is 114 Å². The van der Waals surface area contributed by atoms with Crippen LogP contribution in [-0.4, -0.2) is 5.91 Å². The molecule has 2 aromatic rings. The molecule has 0 heterocycles. The van der Waals surface area contributed by atoms with Crippen LogP contribution in [0.5, 0.6) is 0 Å². The molecule has 0 saturated carbocycles. The molecule has 2 nitrogen and oxygen atoms in total. The average molecular weight is 255 g/mol. The fourth-order valence-electron chi connectivity index (χ4n) is 2.35. The second-order valence-electron chi connectivity index (χ2n) is 5.58. The monoisotopic (exact) mass is 255 g/mol. The minimum Gasteiger partial charge on any atom is -0.326 e. The van der Waals surface area contributed by atoms with Crippen LogP contribution >= 0.6 is 0 Å². The lowest BCUT2D eigenvalue weighted by molar-refractivity contribution is -0.119. The molecule has 19 heavy (non-hydrogen) atoms. The van der Waals surface area contributed by atoms with Crippen molar-refractivity contribution in [3.8, 4) is 0 Å². The van der Waals surface area contributed by atoms with Gasteiger partial charge in [0, 0.05) is 11.6 Å². The van der Waals surface area contributed by atoms with Gasteiger partial charge < -0.3 is 5.32 Å². The lowest BCUT2D eigenvalue weighted by Crippen LogP contribution is -2.21. The van der Waals surface area contributed by atoms with Crippen LogP contribution in [0.4, 0.5) is 5.69 Å². The van der Waals surface area contributed by atoms with Gasteiger partial charge in [-0.05, 0) is 35.2 Å². The Morgan fingerprint density at radius 3 is 2.42 bits per heavy atom. The number of fused-ring (bicyclic) bond motifs is 1. The molecule has 100 valence electrons. The van der Waals surface area contributed by atoms with Gasteiger partial charge in [-0.25, -0.2) is 0 Å². The topological polar surface area (TPSA) is 29.1 Å². The van der Waals surface area contributed by atoms with Crippen LogP contribution in [0, 0.1) is 11.8 Å². The molecule has 0 radical (unpaired) electrons. The van der Waals surface area contributed by atoms with E-state index in [9.17, 15) is 4.79 Å². The van der Waals surface area contributed by atoms with E-state index in [0.29, 0.717) is 5.92 Å². The first-order valence-electron chi connectivity index (χ1n) is 6.86. The Balaban J connectivity index is 2.10. The third kappa shape index (κ3) is 3.57. The molecule has 0 aromatic heterocycles. The number of nitrogens with one attached hydrogen (secondary N) is 1. The molecule has 0 aliphatic heterocycles. The Hall–Kier alpha value is -1.83. The van der Waals surface area contributed by atoms with E-state index in [1.807, 2.05) is 37.3 Å². The third-order valence-electron chi connectivity index (χ3n) is 3.29. The molecule has 0 aliphatic rings. The first-order valence-corrected chi connectivity index (χ1v) is 6.86. The summed E-state index contributed by atoms with van der Waals surface area (Å²) in [4.78, 5) is 12.1. The molecular formula is C17H21NO. The van der Waals surface area contributed by atoms with Gasteiger partial charge in [0.1, 0.15) is 0 Å². The van der Waals surface area contributed by atoms with Gasteiger partial charge in [-0.1, -0.05) is 51.1 Å². The predicted octanol–water partition coefficient (Wildman–Crippen LogP) is 4.46. The second-order valence-corrected chi connectivity index (χ2v) is 5.58. The van der Waals surface area contributed by atoms with Crippen molar-refractivity contribution in [3.63, 3.8) is 0 Å². The number of carbonyl (C=O) groups is 1. The summed E-state index contributed by atoms with van der Waals surface area (Å²) in [7, 11) is 0. The lowest BCUT2D eigenvalue weighted by atomic mass is 9.98. The minimum atomic E-state index is 0.0477. The van der Waals surface area contributed by atoms with E-state index in [0.717, 1.165) is 17.5 Å². The number of hydrogen-bond donors (Lipinski definition) is 1. The number of hydrogen-bond acceptors (Lipinski definition) is 1. The highest BCUT2D eigenvalue weighted by atomic mass is 16.1. The van der Waals surface area contributed by atoms with Crippen LogP contribution in [0.25, 0.3) is 10.8 Å². The SMILES string of the molecule is CC(C)C[C@H](C)C(=O)Nc1ccc2ccccc2c1. The molecule has 0 fully saturated rings. The maximum Gasteiger partial charge on any atom is 0.227 e. The van der Waals surface area contributed by atoms with Gasteiger partial charge in [0.2, 0.25) is 5.91 Å². The summed E-state index contributed by atoms with van der Waals surface area (Å²) in [5.41, 5.74) is 0.874. The smallest absolute Gasteiger partial charge is 0.227 e. The van der Waals surface area contributed by atoms with Crippen molar-refractivity contribution in [2.75, 3.05) is 5.32 Å². The fraction of sp³-hybridized carbons (Fsp3) is 0.353. The molecule has 0 saturated heterocycles. The number of rotatable bonds is 4. The van der Waals surface area contributed by atoms with Gasteiger partial charge in [-0.2, -0.15) is 0 Å². The van der Waals surface area contributed by atoms with E-state index in [2.05, 4.69) is 31.3 Å². The summed E-state index contributed by atoms with van der Waals surface area (Å²) in [6.07, 6.45) is 0.916. The molecule has 2 heteroatoms. The summed E-state index contributed by atoms with van der Waals surface area (Å²) >= 11 is 0. The maximum absolute atomic E-state index is 12.1. The molecule has 1 amide bonds. The maximum atomic E-state index is 12.1. The highest BCUT2D eigenvalue weighted by Crippen LogP contribution is 2.20. The zero-order valence-corrected chi connectivity index (χ0v) is 11.8. The summed E-state index contributed by atoms with van der Waals surface area (Å²) in [6, 6.07) is 14.2. The molecule has 1 N–H and O–H groups in total. The predicted molar refractivity (Wildman–Crippen MR) is 81.2 cm³/mol. The van der Waals surface area contributed by atoms with Gasteiger partial charge in [-0.15, -0.1) is 0 Å². The van der Waals surface area contributed by atoms with Crippen LogP contribution in [0.3, 0.4) is 0 Å². The van der Waals surface area contributed by atoms with Crippen molar-refractivity contribution in [1.29, 1.82) is 0 Å². The largest absolute Gasteiger partial charge is 0.326 e. The molecule has 0 bridgehead atoms. The van der Waals surface area contributed by atoms with Crippen molar-refractivity contribution in [2.45, 2.75) is 27.2 Å². The zero-order chi connectivity index (χ0) is 13.8. The fourth-order valence-corrected chi connectivity index (χ4v) is 2.35. The van der Waals surface area contributed by atoms with Crippen molar-refractivity contribution in [3.05, 3.63) is 42.5 Å². The molecule has 0 spiro atoms. The summed E-state index contributed by atoms with van der Waals surface area (Å²) in [6.45, 7) is 6.26. The summed E-state index contributed by atoms with van der Waals surface area (Å²) < 4.78 is 0. The van der Waals surface area contributed by atoms with Crippen LogP contribution in [-0.2, 0) is 4.79 Å². The van der Waals surface area contributed by atoms with Crippen LogP contribution in [0.2, 0.25) is 0 Å². The first kappa shape index (κ1) is 13.6. The van der Waals surface area contributed by atoms with Crippen molar-refractivity contribution < 1.29 is 4.79 Å². The van der Waals surface area contributed by atoms with E-state index in [1.165, 1.54) is 5.39 Å². The third-order valence-corrected chi connectivity index (χ3v) is 3.29. The molecule has 0 aliphatic carbocycles. The number of anilines is 1. The Kier molecular flexibility index (Phi) is 4.20. The van der Waals surface area contributed by atoms with Gasteiger partial charge in [0.15, 0.2) is 0 Å². The zero-order valence-electron chi connectivity index (χ0n) is 11.8. The van der Waals surface area contributed by atoms with Crippen LogP contribution < -0.4 is 5.32 Å². The van der Waals surface area contributed by atoms with E-state index < -0.39 is 0 Å². The normalized spacial score (nSPS) is 12.6. The van der Waals surface area contributed by atoms with E-state index in [1.54, 1.807) is 0 Å². The minimum absolute atomic E-state index is 0.0477. The Morgan fingerprint density at radius 2 is 1.74 bits per heavy atom. The van der Waals surface area contributed by atoms with E-state index in [4.69, 9.17) is 0 Å². The Morgan fingerprint density at radius 1 is 1.05 bits per heavy atom. The van der Waals surface area contributed by atoms with Crippen molar-refractivity contribution in [1.82, 2.24) is 0 Å².